The van der Waals surface area contributed by atoms with Crippen LogP contribution in [0.25, 0.3) is 11.0 Å². The molecule has 0 spiro atoms. The van der Waals surface area contributed by atoms with E-state index in [1.165, 1.54) is 5.56 Å². The Labute approximate surface area is 223 Å². The van der Waals surface area contributed by atoms with Crippen molar-refractivity contribution >= 4 is 34.6 Å². The number of rotatable bonds is 5. The van der Waals surface area contributed by atoms with Crippen LogP contribution in [0.3, 0.4) is 0 Å². The van der Waals surface area contributed by atoms with Crippen molar-refractivity contribution in [3.63, 3.8) is 0 Å². The fourth-order valence-electron chi connectivity index (χ4n) is 5.33. The number of benzene rings is 1. The molecule has 1 saturated carbocycles. The van der Waals surface area contributed by atoms with Crippen molar-refractivity contribution in [2.45, 2.75) is 58.2 Å². The molecule has 3 heterocycles. The van der Waals surface area contributed by atoms with Gasteiger partial charge in [0.2, 0.25) is 0 Å². The molecule has 0 bridgehead atoms. The van der Waals surface area contributed by atoms with Gasteiger partial charge < -0.3 is 29.1 Å². The maximum absolute atomic E-state index is 12.5. The number of hydrogen-bond donors (Lipinski definition) is 1. The Bertz CT molecular complexity index is 1330. The van der Waals surface area contributed by atoms with Crippen LogP contribution in [0.2, 0.25) is 0 Å². The topological polar surface area (TPSA) is 91.1 Å². The van der Waals surface area contributed by atoms with Crippen LogP contribution >= 0.6 is 0 Å². The number of nitrogens with zero attached hydrogens (tertiary/aromatic N) is 5. The van der Waals surface area contributed by atoms with E-state index in [2.05, 4.69) is 39.6 Å². The van der Waals surface area contributed by atoms with Crippen LogP contribution in [0.4, 0.5) is 16.3 Å². The maximum atomic E-state index is 12.5. The van der Waals surface area contributed by atoms with Crippen LogP contribution in [-0.2, 0) is 4.74 Å². The van der Waals surface area contributed by atoms with Crippen molar-refractivity contribution in [1.29, 1.82) is 0 Å². The Balaban J connectivity index is 1.25. The Hall–Kier alpha value is -3.75. The Kier molecular flexibility index (Phi) is 6.71. The van der Waals surface area contributed by atoms with Gasteiger partial charge in [0.05, 0.1) is 5.56 Å². The summed E-state index contributed by atoms with van der Waals surface area (Å²) in [5, 5.41) is 10.3. The minimum Gasteiger partial charge on any atom is -0.478 e. The second-order valence-corrected chi connectivity index (χ2v) is 11.5. The molecule has 1 saturated heterocycles. The van der Waals surface area contributed by atoms with Gasteiger partial charge in [-0.3, -0.25) is 0 Å². The largest absolute Gasteiger partial charge is 0.478 e. The summed E-state index contributed by atoms with van der Waals surface area (Å²) in [4.78, 5) is 35.0. The zero-order valence-corrected chi connectivity index (χ0v) is 22.8. The number of hydrogen-bond acceptors (Lipinski definition) is 6. The number of aromatic carboxylic acids is 1. The molecule has 202 valence electrons. The SMILES string of the molecule is Cc1cn([C@H]2C[C@H](N(C)C(=O)OC(C)(C)C)C2)c2nc(N3CCN(c4ccc(C(=O)O)cc4)CC3)ccc12. The number of aryl methyl sites for hydroxylation is 1. The molecule has 9 heteroatoms. The minimum atomic E-state index is -0.907. The highest BCUT2D eigenvalue weighted by Gasteiger charge is 2.37. The first-order valence-electron chi connectivity index (χ1n) is 13.3. The predicted molar refractivity (Wildman–Crippen MR) is 148 cm³/mol. The number of anilines is 2. The van der Waals surface area contributed by atoms with E-state index in [1.54, 1.807) is 17.0 Å². The summed E-state index contributed by atoms with van der Waals surface area (Å²) >= 11 is 0. The normalized spacial score (nSPS) is 19.8. The third-order valence-electron chi connectivity index (χ3n) is 7.66. The molecule has 1 aromatic carbocycles. The number of pyridine rings is 1. The lowest BCUT2D eigenvalue weighted by Crippen LogP contribution is -2.47. The van der Waals surface area contributed by atoms with Gasteiger partial charge in [-0.1, -0.05) is 0 Å². The molecule has 2 aromatic heterocycles. The van der Waals surface area contributed by atoms with Gasteiger partial charge in [-0.25, -0.2) is 14.6 Å². The molecule has 3 aromatic rings. The van der Waals surface area contributed by atoms with Crippen LogP contribution < -0.4 is 9.80 Å². The number of carbonyl (C=O) groups excluding carboxylic acids is 1. The molecule has 1 amide bonds. The molecule has 1 aliphatic heterocycles. The van der Waals surface area contributed by atoms with Gasteiger partial charge in [-0.05, 0) is 82.5 Å². The first-order valence-corrected chi connectivity index (χ1v) is 13.3. The number of carboxylic acid groups (broad SMARTS) is 1. The van der Waals surface area contributed by atoms with Gasteiger partial charge in [0, 0.05) is 62.6 Å². The summed E-state index contributed by atoms with van der Waals surface area (Å²) in [6.07, 6.45) is 3.68. The molecule has 9 nitrogen and oxygen atoms in total. The van der Waals surface area contributed by atoms with Crippen LogP contribution in [0, 0.1) is 6.92 Å². The number of aromatic nitrogens is 2. The van der Waals surface area contributed by atoms with Crippen molar-refractivity contribution in [2.24, 2.45) is 0 Å². The van der Waals surface area contributed by atoms with Gasteiger partial charge in [0.15, 0.2) is 0 Å². The van der Waals surface area contributed by atoms with Gasteiger partial charge in [-0.2, -0.15) is 0 Å². The van der Waals surface area contributed by atoms with Crippen molar-refractivity contribution < 1.29 is 19.4 Å². The first-order chi connectivity index (χ1) is 18.0. The molecule has 0 unspecified atom stereocenters. The number of fused-ring (bicyclic) bond motifs is 1. The standard InChI is InChI=1S/C29H37N5O4/c1-19-18-34(23-16-22(17-23)31(5)28(37)38-29(2,3)4)26-24(19)10-11-25(30-26)33-14-12-32(13-15-33)21-8-6-20(7-9-21)27(35)36/h6-11,18,22-23H,12-17H2,1-5H3,(H,35,36)/t22-,23-. The molecule has 2 fully saturated rings. The number of piperazine rings is 1. The van der Waals surface area contributed by atoms with E-state index < -0.39 is 11.6 Å². The zero-order chi connectivity index (χ0) is 27.2. The van der Waals surface area contributed by atoms with E-state index >= 15 is 0 Å². The highest BCUT2D eigenvalue weighted by atomic mass is 16.6. The summed E-state index contributed by atoms with van der Waals surface area (Å²) in [6.45, 7) is 11.1. The first kappa shape index (κ1) is 25.9. The molecule has 1 N–H and O–H groups in total. The van der Waals surface area contributed by atoms with Crippen LogP contribution in [0.15, 0.2) is 42.6 Å². The third-order valence-corrected chi connectivity index (χ3v) is 7.66. The van der Waals surface area contributed by atoms with Gasteiger partial charge >= 0.3 is 12.1 Å². The molecular weight excluding hydrogens is 482 g/mol. The van der Waals surface area contributed by atoms with Crippen LogP contribution in [-0.4, -0.2) is 76.5 Å². The van der Waals surface area contributed by atoms with Gasteiger partial charge in [0.1, 0.15) is 17.1 Å². The average molecular weight is 520 g/mol. The van der Waals surface area contributed by atoms with Gasteiger partial charge in [0.25, 0.3) is 0 Å². The summed E-state index contributed by atoms with van der Waals surface area (Å²) < 4.78 is 7.83. The van der Waals surface area contributed by atoms with E-state index in [4.69, 9.17) is 14.8 Å². The van der Waals surface area contributed by atoms with Crippen LogP contribution in [0.5, 0.6) is 0 Å². The molecule has 5 rings (SSSR count). The second-order valence-electron chi connectivity index (χ2n) is 11.5. The predicted octanol–water partition coefficient (Wildman–Crippen LogP) is 4.94. The number of carboxylic acids is 1. The highest BCUT2D eigenvalue weighted by molar-refractivity contribution is 5.88. The van der Waals surface area contributed by atoms with Gasteiger partial charge in [-0.15, -0.1) is 0 Å². The summed E-state index contributed by atoms with van der Waals surface area (Å²) in [5.74, 6) is 0.0646. The lowest BCUT2D eigenvalue weighted by Gasteiger charge is -2.42. The number of carbonyl (C=O) groups is 2. The third kappa shape index (κ3) is 5.14. The summed E-state index contributed by atoms with van der Waals surface area (Å²) in [6, 6.07) is 11.8. The second kappa shape index (κ2) is 9.85. The molecule has 38 heavy (non-hydrogen) atoms. The maximum Gasteiger partial charge on any atom is 0.410 e. The molecule has 1 aliphatic carbocycles. The van der Waals surface area contributed by atoms with Crippen molar-refractivity contribution in [1.82, 2.24) is 14.5 Å². The number of amides is 1. The molecular formula is C29H37N5O4. The van der Waals surface area contributed by atoms with E-state index in [0.717, 1.165) is 61.6 Å². The zero-order valence-electron chi connectivity index (χ0n) is 22.8. The Morgan fingerprint density at radius 2 is 1.63 bits per heavy atom. The summed E-state index contributed by atoms with van der Waals surface area (Å²) in [5.41, 5.74) is 3.04. The van der Waals surface area contributed by atoms with Crippen LogP contribution in [0.1, 0.15) is 55.6 Å². The lowest BCUT2D eigenvalue weighted by atomic mass is 9.85. The number of ether oxygens (including phenoxy) is 1. The smallest absolute Gasteiger partial charge is 0.410 e. The minimum absolute atomic E-state index is 0.161. The summed E-state index contributed by atoms with van der Waals surface area (Å²) in [7, 11) is 1.82. The quantitative estimate of drug-likeness (QED) is 0.511. The molecule has 2 aliphatic rings. The average Bonchev–Trinajstić information content (AvgIpc) is 3.17. The molecule has 0 atom stereocenters. The lowest BCUT2D eigenvalue weighted by molar-refractivity contribution is 0.00807. The van der Waals surface area contributed by atoms with E-state index in [1.807, 2.05) is 40.0 Å². The fraction of sp³-hybridized carbons (Fsp3) is 0.483. The van der Waals surface area contributed by atoms with Crippen molar-refractivity contribution in [3.8, 4) is 0 Å². The molecule has 0 radical (unpaired) electrons. The monoisotopic (exact) mass is 519 g/mol. The highest BCUT2D eigenvalue weighted by Crippen LogP contribution is 2.39. The van der Waals surface area contributed by atoms with E-state index in [-0.39, 0.29) is 12.1 Å². The fourth-order valence-corrected chi connectivity index (χ4v) is 5.33. The van der Waals surface area contributed by atoms with Crippen molar-refractivity contribution in [2.75, 3.05) is 43.0 Å². The van der Waals surface area contributed by atoms with E-state index in [9.17, 15) is 9.59 Å². The van der Waals surface area contributed by atoms with E-state index in [0.29, 0.717) is 11.6 Å². The Morgan fingerprint density at radius 1 is 1.00 bits per heavy atom. The Morgan fingerprint density at radius 3 is 2.24 bits per heavy atom. The van der Waals surface area contributed by atoms with Crippen molar-refractivity contribution in [3.05, 3.63) is 53.7 Å².